The Kier molecular flexibility index (Phi) is 6.01. The third-order valence-corrected chi connectivity index (χ3v) is 5.83. The molecule has 0 aliphatic carbocycles. The summed E-state index contributed by atoms with van der Waals surface area (Å²) in [5.41, 5.74) is 0.464. The predicted octanol–water partition coefficient (Wildman–Crippen LogP) is 2.61. The highest BCUT2D eigenvalue weighted by Crippen LogP contribution is 2.29. The van der Waals surface area contributed by atoms with Gasteiger partial charge in [-0.2, -0.15) is 4.31 Å². The van der Waals surface area contributed by atoms with Crippen molar-refractivity contribution in [2.75, 3.05) is 25.5 Å². The van der Waals surface area contributed by atoms with E-state index >= 15 is 0 Å². The monoisotopic (exact) mass is 340 g/mol. The first-order valence-corrected chi connectivity index (χ1v) is 9.35. The summed E-state index contributed by atoms with van der Waals surface area (Å²) in [7, 11) is -2.09. The molecule has 1 aromatic carbocycles. The molecule has 0 unspecified atom stereocenters. The van der Waals surface area contributed by atoms with Crippen molar-refractivity contribution < 1.29 is 17.9 Å². The minimum atomic E-state index is -3.54. The molecule has 1 aliphatic rings. The molecule has 0 atom stereocenters. The van der Waals surface area contributed by atoms with Crippen molar-refractivity contribution >= 4 is 21.6 Å². The van der Waals surface area contributed by atoms with Crippen LogP contribution in [-0.4, -0.2) is 38.8 Å². The Bertz CT molecular complexity index is 650. The number of hydrogen-bond acceptors (Lipinski definition) is 4. The molecule has 0 radical (unpaired) electrons. The summed E-state index contributed by atoms with van der Waals surface area (Å²) in [6.45, 7) is 2.50. The van der Waals surface area contributed by atoms with Crippen LogP contribution in [0.1, 0.15) is 39.0 Å². The van der Waals surface area contributed by atoms with Crippen molar-refractivity contribution in [1.82, 2.24) is 4.31 Å². The van der Waals surface area contributed by atoms with Crippen molar-refractivity contribution in [2.24, 2.45) is 0 Å². The summed E-state index contributed by atoms with van der Waals surface area (Å²) in [5.74, 6) is 0.107. The number of rotatable bonds is 4. The van der Waals surface area contributed by atoms with E-state index in [9.17, 15) is 13.2 Å². The zero-order valence-corrected chi connectivity index (χ0v) is 14.5. The van der Waals surface area contributed by atoms with Crippen molar-refractivity contribution in [2.45, 2.75) is 43.9 Å². The Hall–Kier alpha value is -1.60. The second kappa shape index (κ2) is 7.79. The summed E-state index contributed by atoms with van der Waals surface area (Å²) in [5, 5.41) is 2.63. The Morgan fingerprint density at radius 3 is 2.30 bits per heavy atom. The molecule has 7 heteroatoms. The van der Waals surface area contributed by atoms with Crippen LogP contribution in [0.2, 0.25) is 0 Å². The fourth-order valence-corrected chi connectivity index (χ4v) is 4.27. The topological polar surface area (TPSA) is 75.7 Å². The Morgan fingerprint density at radius 1 is 1.13 bits per heavy atom. The minimum Gasteiger partial charge on any atom is -0.495 e. The number of benzene rings is 1. The van der Waals surface area contributed by atoms with Crippen LogP contribution < -0.4 is 10.1 Å². The predicted molar refractivity (Wildman–Crippen MR) is 89.1 cm³/mol. The molecule has 0 saturated carbocycles. The molecule has 2 rings (SSSR count). The lowest BCUT2D eigenvalue weighted by molar-refractivity contribution is -0.114. The molecule has 1 fully saturated rings. The van der Waals surface area contributed by atoms with E-state index in [-0.39, 0.29) is 10.8 Å². The van der Waals surface area contributed by atoms with Crippen LogP contribution in [0.4, 0.5) is 5.69 Å². The van der Waals surface area contributed by atoms with Gasteiger partial charge in [-0.3, -0.25) is 4.79 Å². The number of hydrogen-bond donors (Lipinski definition) is 1. The molecule has 1 heterocycles. The highest BCUT2D eigenvalue weighted by molar-refractivity contribution is 7.89. The number of nitrogens with one attached hydrogen (secondary N) is 1. The molecule has 0 spiro atoms. The van der Waals surface area contributed by atoms with Gasteiger partial charge in [-0.15, -0.1) is 0 Å². The number of nitrogens with zero attached hydrogens (tertiary/aromatic N) is 1. The lowest BCUT2D eigenvalue weighted by Gasteiger charge is -2.24. The van der Waals surface area contributed by atoms with Crippen LogP contribution >= 0.6 is 0 Å². The molecule has 1 amide bonds. The van der Waals surface area contributed by atoms with E-state index in [0.29, 0.717) is 24.5 Å². The van der Waals surface area contributed by atoms with Gasteiger partial charge in [-0.05, 0) is 25.0 Å². The summed E-state index contributed by atoms with van der Waals surface area (Å²) in [6.07, 6.45) is 5.08. The first kappa shape index (κ1) is 17.7. The van der Waals surface area contributed by atoms with E-state index < -0.39 is 10.0 Å². The average Bonchev–Trinajstić information content (AvgIpc) is 2.46. The lowest BCUT2D eigenvalue weighted by Crippen LogP contribution is -2.33. The minimum absolute atomic E-state index is 0.198. The van der Waals surface area contributed by atoms with Gasteiger partial charge in [0, 0.05) is 26.1 Å². The number of carbonyl (C=O) groups excluding carboxylic acids is 1. The number of methoxy groups -OCH3 is 1. The second-order valence-electron chi connectivity index (χ2n) is 5.72. The number of anilines is 1. The van der Waals surface area contributed by atoms with Crippen LogP contribution in [0.3, 0.4) is 0 Å². The molecule has 128 valence electrons. The van der Waals surface area contributed by atoms with Crippen LogP contribution in [0.15, 0.2) is 23.1 Å². The Balaban J connectivity index is 2.29. The summed E-state index contributed by atoms with van der Waals surface area (Å²) in [4.78, 5) is 11.4. The van der Waals surface area contributed by atoms with E-state index in [1.165, 1.54) is 32.6 Å². The molecule has 1 aromatic rings. The number of amides is 1. The van der Waals surface area contributed by atoms with Gasteiger partial charge in [0.15, 0.2) is 0 Å². The van der Waals surface area contributed by atoms with E-state index in [1.807, 2.05) is 0 Å². The fourth-order valence-electron chi connectivity index (χ4n) is 2.73. The van der Waals surface area contributed by atoms with Gasteiger partial charge in [0.1, 0.15) is 5.75 Å². The molecule has 1 N–H and O–H groups in total. The number of carbonyl (C=O) groups is 1. The van der Waals surface area contributed by atoms with Crippen molar-refractivity contribution in [3.05, 3.63) is 18.2 Å². The van der Waals surface area contributed by atoms with Gasteiger partial charge in [-0.1, -0.05) is 19.3 Å². The SMILES string of the molecule is COc1cc(S(=O)(=O)N2CCCCCCC2)ccc1NC(C)=O. The highest BCUT2D eigenvalue weighted by atomic mass is 32.2. The molecule has 0 aromatic heterocycles. The van der Waals surface area contributed by atoms with Gasteiger partial charge in [0.25, 0.3) is 0 Å². The van der Waals surface area contributed by atoms with E-state index in [0.717, 1.165) is 25.7 Å². The first-order chi connectivity index (χ1) is 10.9. The van der Waals surface area contributed by atoms with Gasteiger partial charge in [0.05, 0.1) is 17.7 Å². The zero-order valence-electron chi connectivity index (χ0n) is 13.7. The van der Waals surface area contributed by atoms with Crippen LogP contribution in [0, 0.1) is 0 Å². The molecular weight excluding hydrogens is 316 g/mol. The summed E-state index contributed by atoms with van der Waals surface area (Å²) < 4.78 is 32.4. The standard InChI is InChI=1S/C16H24N2O4S/c1-13(19)17-15-9-8-14(12-16(15)22-2)23(20,21)18-10-6-4-3-5-7-11-18/h8-9,12H,3-7,10-11H2,1-2H3,(H,17,19). The van der Waals surface area contributed by atoms with Gasteiger partial charge in [-0.25, -0.2) is 8.42 Å². The lowest BCUT2D eigenvalue weighted by atomic mass is 10.1. The van der Waals surface area contributed by atoms with Crippen molar-refractivity contribution in [1.29, 1.82) is 0 Å². The average molecular weight is 340 g/mol. The summed E-state index contributed by atoms with van der Waals surface area (Å²) in [6, 6.07) is 4.55. The normalized spacial score (nSPS) is 17.1. The van der Waals surface area contributed by atoms with E-state index in [1.54, 1.807) is 10.4 Å². The zero-order chi connectivity index (χ0) is 16.9. The molecular formula is C16H24N2O4S. The molecule has 6 nitrogen and oxygen atoms in total. The maximum Gasteiger partial charge on any atom is 0.243 e. The van der Waals surface area contributed by atoms with E-state index in [2.05, 4.69) is 5.32 Å². The third kappa shape index (κ3) is 4.45. The largest absolute Gasteiger partial charge is 0.495 e. The maximum absolute atomic E-state index is 12.8. The highest BCUT2D eigenvalue weighted by Gasteiger charge is 2.25. The quantitative estimate of drug-likeness (QED) is 0.914. The second-order valence-corrected chi connectivity index (χ2v) is 7.65. The van der Waals surface area contributed by atoms with Crippen LogP contribution in [-0.2, 0) is 14.8 Å². The molecule has 1 saturated heterocycles. The fraction of sp³-hybridized carbons (Fsp3) is 0.562. The van der Waals surface area contributed by atoms with Crippen LogP contribution in [0.25, 0.3) is 0 Å². The summed E-state index contributed by atoms with van der Waals surface area (Å²) >= 11 is 0. The van der Waals surface area contributed by atoms with E-state index in [4.69, 9.17) is 4.74 Å². The number of ether oxygens (including phenoxy) is 1. The van der Waals surface area contributed by atoms with Crippen LogP contribution in [0.5, 0.6) is 5.75 Å². The van der Waals surface area contributed by atoms with Gasteiger partial charge < -0.3 is 10.1 Å². The van der Waals surface area contributed by atoms with Crippen molar-refractivity contribution in [3.8, 4) is 5.75 Å². The maximum atomic E-state index is 12.8. The first-order valence-electron chi connectivity index (χ1n) is 7.91. The third-order valence-electron chi connectivity index (χ3n) is 3.94. The smallest absolute Gasteiger partial charge is 0.243 e. The van der Waals surface area contributed by atoms with Gasteiger partial charge >= 0.3 is 0 Å². The molecule has 1 aliphatic heterocycles. The van der Waals surface area contributed by atoms with Gasteiger partial charge in [0.2, 0.25) is 15.9 Å². The Labute approximate surface area is 137 Å². The number of sulfonamides is 1. The molecule has 0 bridgehead atoms. The van der Waals surface area contributed by atoms with Crippen molar-refractivity contribution in [3.63, 3.8) is 0 Å². The Morgan fingerprint density at radius 2 is 1.74 bits per heavy atom. The molecule has 23 heavy (non-hydrogen) atoms.